The van der Waals surface area contributed by atoms with Gasteiger partial charge >= 0.3 is 0 Å². The smallest absolute Gasteiger partial charge is 0.0600 e. The first-order valence-corrected chi connectivity index (χ1v) is 4.46. The van der Waals surface area contributed by atoms with Crippen LogP contribution in [0, 0.1) is 5.92 Å². The Labute approximate surface area is 63.8 Å². The highest BCUT2D eigenvalue weighted by atomic mass is 16.5. The van der Waals surface area contributed by atoms with Gasteiger partial charge in [-0.2, -0.15) is 0 Å². The first-order chi connectivity index (χ1) is 4.84. The van der Waals surface area contributed by atoms with Crippen LogP contribution in [0.25, 0.3) is 0 Å². The van der Waals surface area contributed by atoms with Gasteiger partial charge in [-0.3, -0.25) is 0 Å². The molecule has 60 valence electrons. The van der Waals surface area contributed by atoms with Gasteiger partial charge in [0.15, 0.2) is 0 Å². The van der Waals surface area contributed by atoms with E-state index >= 15 is 0 Å². The molecule has 0 aromatic carbocycles. The summed E-state index contributed by atoms with van der Waals surface area (Å²) in [6, 6.07) is 0. The van der Waals surface area contributed by atoms with Crippen LogP contribution < -0.4 is 0 Å². The second kappa shape index (κ2) is 3.97. The molecule has 0 aromatic heterocycles. The van der Waals surface area contributed by atoms with Gasteiger partial charge in [-0.05, 0) is 25.7 Å². The average Bonchev–Trinajstić information content (AvgIpc) is 1.94. The third-order valence-corrected chi connectivity index (χ3v) is 2.41. The lowest BCUT2D eigenvalue weighted by Crippen LogP contribution is -2.25. The Hall–Kier alpha value is -0.0400. The van der Waals surface area contributed by atoms with Gasteiger partial charge < -0.3 is 4.74 Å². The fourth-order valence-electron chi connectivity index (χ4n) is 1.74. The summed E-state index contributed by atoms with van der Waals surface area (Å²) in [5.74, 6) is 0.800. The first-order valence-electron chi connectivity index (χ1n) is 4.46. The lowest BCUT2D eigenvalue weighted by Gasteiger charge is -2.28. The van der Waals surface area contributed by atoms with Crippen LogP contribution in [0.5, 0.6) is 0 Å². The first kappa shape index (κ1) is 8.06. The van der Waals surface area contributed by atoms with Crippen molar-refractivity contribution in [2.24, 2.45) is 5.92 Å². The molecule has 0 spiro atoms. The summed E-state index contributed by atoms with van der Waals surface area (Å²) < 4.78 is 5.60. The zero-order valence-electron chi connectivity index (χ0n) is 7.10. The minimum Gasteiger partial charge on any atom is -0.378 e. The van der Waals surface area contributed by atoms with E-state index in [4.69, 9.17) is 4.74 Å². The van der Waals surface area contributed by atoms with Crippen LogP contribution in [0.15, 0.2) is 0 Å². The van der Waals surface area contributed by atoms with Crippen molar-refractivity contribution in [1.82, 2.24) is 0 Å². The molecular weight excluding hydrogens is 124 g/mol. The van der Waals surface area contributed by atoms with E-state index in [1.807, 2.05) is 0 Å². The number of hydrogen-bond donors (Lipinski definition) is 0. The van der Waals surface area contributed by atoms with Gasteiger partial charge in [-0.1, -0.05) is 19.8 Å². The molecule has 0 heterocycles. The van der Waals surface area contributed by atoms with Crippen molar-refractivity contribution in [3.63, 3.8) is 0 Å². The molecule has 1 aliphatic carbocycles. The van der Waals surface area contributed by atoms with Gasteiger partial charge in [0.05, 0.1) is 6.10 Å². The number of rotatable bonds is 2. The predicted molar refractivity (Wildman–Crippen MR) is 43.0 cm³/mol. The maximum atomic E-state index is 5.60. The van der Waals surface area contributed by atoms with Crippen LogP contribution in [-0.4, -0.2) is 12.7 Å². The van der Waals surface area contributed by atoms with E-state index in [0.29, 0.717) is 6.10 Å². The van der Waals surface area contributed by atoms with Crippen molar-refractivity contribution >= 4 is 0 Å². The molecule has 1 heteroatoms. The largest absolute Gasteiger partial charge is 0.378 e. The molecule has 2 atom stereocenters. The van der Waals surface area contributed by atoms with Crippen LogP contribution >= 0.6 is 0 Å². The van der Waals surface area contributed by atoms with Crippen LogP contribution in [0.2, 0.25) is 0 Å². The van der Waals surface area contributed by atoms with Crippen molar-refractivity contribution in [2.45, 2.75) is 45.6 Å². The molecule has 1 rings (SSSR count). The van der Waals surface area contributed by atoms with Crippen LogP contribution in [0.4, 0.5) is 0 Å². The summed E-state index contributed by atoms with van der Waals surface area (Å²) in [6.07, 6.45) is 6.00. The van der Waals surface area contributed by atoms with E-state index in [2.05, 4.69) is 13.8 Å². The van der Waals surface area contributed by atoms with Crippen molar-refractivity contribution in [2.75, 3.05) is 6.61 Å². The van der Waals surface area contributed by atoms with Crippen LogP contribution in [0.3, 0.4) is 0 Å². The number of ether oxygens (including phenoxy) is 1. The predicted octanol–water partition coefficient (Wildman–Crippen LogP) is 2.60. The van der Waals surface area contributed by atoms with Gasteiger partial charge in [0, 0.05) is 6.61 Å². The Balaban J connectivity index is 2.25. The van der Waals surface area contributed by atoms with E-state index in [1.54, 1.807) is 0 Å². The quantitative estimate of drug-likeness (QED) is 0.576. The summed E-state index contributed by atoms with van der Waals surface area (Å²) in [5.41, 5.74) is 0. The molecule has 0 amide bonds. The second-order valence-corrected chi connectivity index (χ2v) is 3.26. The SMILES string of the molecule is CCO[C@H]1CCCC[C@@H]1C. The van der Waals surface area contributed by atoms with Crippen LogP contribution in [0.1, 0.15) is 39.5 Å². The van der Waals surface area contributed by atoms with Crippen molar-refractivity contribution < 1.29 is 4.74 Å². The Bertz CT molecular complexity index is 88.7. The zero-order chi connectivity index (χ0) is 7.40. The van der Waals surface area contributed by atoms with Crippen LogP contribution in [-0.2, 0) is 4.74 Å². The maximum absolute atomic E-state index is 5.60. The Morgan fingerprint density at radius 1 is 1.30 bits per heavy atom. The second-order valence-electron chi connectivity index (χ2n) is 3.26. The van der Waals surface area contributed by atoms with Gasteiger partial charge in [0.2, 0.25) is 0 Å². The van der Waals surface area contributed by atoms with Gasteiger partial charge in [0.1, 0.15) is 0 Å². The third kappa shape index (κ3) is 1.98. The molecule has 0 saturated heterocycles. The lowest BCUT2D eigenvalue weighted by molar-refractivity contribution is 0.00206. The van der Waals surface area contributed by atoms with E-state index in [-0.39, 0.29) is 0 Å². The van der Waals surface area contributed by atoms with Crippen molar-refractivity contribution in [1.29, 1.82) is 0 Å². The molecule has 0 N–H and O–H groups in total. The Kier molecular flexibility index (Phi) is 3.20. The summed E-state index contributed by atoms with van der Waals surface area (Å²) in [5, 5.41) is 0. The van der Waals surface area contributed by atoms with Gasteiger partial charge in [0.25, 0.3) is 0 Å². The minimum atomic E-state index is 0.568. The summed E-state index contributed by atoms with van der Waals surface area (Å²) in [7, 11) is 0. The normalized spacial score (nSPS) is 34.2. The van der Waals surface area contributed by atoms with E-state index in [0.717, 1.165) is 12.5 Å². The zero-order valence-corrected chi connectivity index (χ0v) is 7.10. The summed E-state index contributed by atoms with van der Waals surface area (Å²) in [4.78, 5) is 0. The van der Waals surface area contributed by atoms with E-state index in [9.17, 15) is 0 Å². The van der Waals surface area contributed by atoms with Crippen molar-refractivity contribution in [3.05, 3.63) is 0 Å². The van der Waals surface area contributed by atoms with Crippen molar-refractivity contribution in [3.8, 4) is 0 Å². The van der Waals surface area contributed by atoms with Gasteiger partial charge in [-0.25, -0.2) is 0 Å². The molecule has 0 unspecified atom stereocenters. The van der Waals surface area contributed by atoms with E-state index < -0.39 is 0 Å². The molecular formula is C9H18O. The number of hydrogen-bond acceptors (Lipinski definition) is 1. The standard InChI is InChI=1S/C9H18O/c1-3-10-9-7-5-4-6-8(9)2/h8-9H,3-7H2,1-2H3/t8-,9-/m0/s1. The maximum Gasteiger partial charge on any atom is 0.0600 e. The lowest BCUT2D eigenvalue weighted by atomic mass is 9.88. The highest BCUT2D eigenvalue weighted by molar-refractivity contribution is 4.71. The molecule has 0 radical (unpaired) electrons. The molecule has 10 heavy (non-hydrogen) atoms. The summed E-state index contributed by atoms with van der Waals surface area (Å²) in [6.45, 7) is 5.27. The third-order valence-electron chi connectivity index (χ3n) is 2.41. The summed E-state index contributed by atoms with van der Waals surface area (Å²) >= 11 is 0. The average molecular weight is 142 g/mol. The van der Waals surface area contributed by atoms with Gasteiger partial charge in [-0.15, -0.1) is 0 Å². The molecule has 1 nitrogen and oxygen atoms in total. The molecule has 0 bridgehead atoms. The fourth-order valence-corrected chi connectivity index (χ4v) is 1.74. The highest BCUT2D eigenvalue weighted by Crippen LogP contribution is 2.25. The molecule has 1 fully saturated rings. The highest BCUT2D eigenvalue weighted by Gasteiger charge is 2.20. The Morgan fingerprint density at radius 2 is 2.00 bits per heavy atom. The van der Waals surface area contributed by atoms with E-state index in [1.165, 1.54) is 25.7 Å². The Morgan fingerprint density at radius 3 is 2.60 bits per heavy atom. The molecule has 0 aliphatic heterocycles. The topological polar surface area (TPSA) is 9.23 Å². The molecule has 1 saturated carbocycles. The minimum absolute atomic E-state index is 0.568. The fraction of sp³-hybridized carbons (Fsp3) is 1.00. The monoisotopic (exact) mass is 142 g/mol. The molecule has 0 aromatic rings. The molecule has 1 aliphatic rings.